The van der Waals surface area contributed by atoms with Crippen molar-refractivity contribution in [3.63, 3.8) is 0 Å². The lowest BCUT2D eigenvalue weighted by Gasteiger charge is -2.15. The fourth-order valence-corrected chi connectivity index (χ4v) is 2.74. The van der Waals surface area contributed by atoms with E-state index < -0.39 is 0 Å². The molecule has 0 aliphatic carbocycles. The molecule has 6 heteroatoms. The zero-order chi connectivity index (χ0) is 17.9. The average molecular weight is 349 g/mol. The molecular weight excluding hydrogens is 318 g/mol. The number of benzene rings is 1. The molecule has 0 amide bonds. The molecule has 1 aromatic rings. The van der Waals surface area contributed by atoms with Crippen molar-refractivity contribution in [1.82, 2.24) is 10.6 Å². The number of aliphatic imine (C=N–C) groups is 1. The van der Waals surface area contributed by atoms with Gasteiger partial charge < -0.3 is 24.8 Å². The van der Waals surface area contributed by atoms with Gasteiger partial charge in [0.25, 0.3) is 0 Å². The third kappa shape index (κ3) is 6.92. The Balaban J connectivity index is 1.55. The van der Waals surface area contributed by atoms with E-state index in [1.807, 2.05) is 6.07 Å². The largest absolute Gasteiger partial charge is 0.491 e. The van der Waals surface area contributed by atoms with Gasteiger partial charge >= 0.3 is 0 Å². The highest BCUT2D eigenvalue weighted by atomic mass is 16.5. The molecule has 1 aliphatic rings. The number of nitrogens with zero attached hydrogens (tertiary/aromatic N) is 1. The van der Waals surface area contributed by atoms with E-state index >= 15 is 0 Å². The summed E-state index contributed by atoms with van der Waals surface area (Å²) in [5.74, 6) is 1.76. The molecule has 0 radical (unpaired) electrons. The maximum Gasteiger partial charge on any atom is 0.191 e. The van der Waals surface area contributed by atoms with Crippen molar-refractivity contribution in [2.24, 2.45) is 4.99 Å². The molecule has 0 saturated carbocycles. The van der Waals surface area contributed by atoms with Crippen LogP contribution in [0.25, 0.3) is 0 Å². The zero-order valence-corrected chi connectivity index (χ0v) is 15.6. The van der Waals surface area contributed by atoms with E-state index in [-0.39, 0.29) is 6.10 Å². The van der Waals surface area contributed by atoms with Gasteiger partial charge in [-0.25, -0.2) is 0 Å². The van der Waals surface area contributed by atoms with Crippen LogP contribution in [0.4, 0.5) is 0 Å². The highest BCUT2D eigenvalue weighted by Gasteiger charge is 2.15. The molecule has 1 aliphatic heterocycles. The van der Waals surface area contributed by atoms with Crippen molar-refractivity contribution in [2.75, 3.05) is 46.6 Å². The Hall–Kier alpha value is -1.79. The van der Waals surface area contributed by atoms with E-state index in [1.54, 1.807) is 7.05 Å². The van der Waals surface area contributed by atoms with Crippen LogP contribution in [0.3, 0.4) is 0 Å². The molecule has 6 nitrogen and oxygen atoms in total. The maximum absolute atomic E-state index is 5.89. The molecule has 1 fully saturated rings. The second-order valence-corrected chi connectivity index (χ2v) is 6.21. The maximum atomic E-state index is 5.89. The predicted molar refractivity (Wildman–Crippen MR) is 101 cm³/mol. The van der Waals surface area contributed by atoms with Gasteiger partial charge in [0.2, 0.25) is 0 Å². The van der Waals surface area contributed by atoms with Gasteiger partial charge in [0, 0.05) is 26.8 Å². The van der Waals surface area contributed by atoms with Crippen LogP contribution < -0.4 is 15.4 Å². The summed E-state index contributed by atoms with van der Waals surface area (Å²) in [6, 6.07) is 6.18. The van der Waals surface area contributed by atoms with Gasteiger partial charge in [0.1, 0.15) is 12.4 Å². The smallest absolute Gasteiger partial charge is 0.191 e. The Morgan fingerprint density at radius 1 is 1.20 bits per heavy atom. The number of rotatable bonds is 9. The first-order valence-corrected chi connectivity index (χ1v) is 9.03. The molecule has 0 aromatic heterocycles. The third-order valence-corrected chi connectivity index (χ3v) is 4.13. The molecule has 2 rings (SSSR count). The lowest BCUT2D eigenvalue weighted by Crippen LogP contribution is -2.40. The quantitative estimate of drug-likeness (QED) is 0.406. The van der Waals surface area contributed by atoms with Crippen LogP contribution in [-0.2, 0) is 9.47 Å². The minimum Gasteiger partial charge on any atom is -0.491 e. The summed E-state index contributed by atoms with van der Waals surface area (Å²) in [5, 5.41) is 6.55. The van der Waals surface area contributed by atoms with Crippen molar-refractivity contribution in [1.29, 1.82) is 0 Å². The number of hydrogen-bond acceptors (Lipinski definition) is 4. The van der Waals surface area contributed by atoms with Gasteiger partial charge in [-0.3, -0.25) is 4.99 Å². The number of ether oxygens (including phenoxy) is 3. The van der Waals surface area contributed by atoms with Gasteiger partial charge in [-0.15, -0.1) is 0 Å². The van der Waals surface area contributed by atoms with Gasteiger partial charge in [-0.05, 0) is 37.8 Å². The summed E-state index contributed by atoms with van der Waals surface area (Å²) in [5.41, 5.74) is 2.32. The van der Waals surface area contributed by atoms with Crippen LogP contribution in [0, 0.1) is 13.8 Å². The highest BCUT2D eigenvalue weighted by molar-refractivity contribution is 5.79. The van der Waals surface area contributed by atoms with Gasteiger partial charge in [0.05, 0.1) is 19.3 Å². The second kappa shape index (κ2) is 10.9. The molecular formula is C19H31N3O3. The van der Waals surface area contributed by atoms with Crippen LogP contribution in [0.2, 0.25) is 0 Å². The van der Waals surface area contributed by atoms with Crippen molar-refractivity contribution in [3.8, 4) is 5.75 Å². The highest BCUT2D eigenvalue weighted by Crippen LogP contribution is 2.21. The Kier molecular flexibility index (Phi) is 8.55. The second-order valence-electron chi connectivity index (χ2n) is 6.21. The monoisotopic (exact) mass is 349 g/mol. The summed E-state index contributed by atoms with van der Waals surface area (Å²) < 4.78 is 16.9. The van der Waals surface area contributed by atoms with E-state index in [0.717, 1.165) is 62.0 Å². The van der Waals surface area contributed by atoms with E-state index in [1.165, 1.54) is 0 Å². The zero-order valence-electron chi connectivity index (χ0n) is 15.6. The minimum absolute atomic E-state index is 0.277. The molecule has 25 heavy (non-hydrogen) atoms. The number of hydrogen-bond donors (Lipinski definition) is 2. The van der Waals surface area contributed by atoms with Crippen LogP contribution >= 0.6 is 0 Å². The molecule has 1 atom stereocenters. The topological polar surface area (TPSA) is 64.1 Å². The molecule has 2 N–H and O–H groups in total. The Bertz CT molecular complexity index is 522. The van der Waals surface area contributed by atoms with Gasteiger partial charge in [0.15, 0.2) is 5.96 Å². The van der Waals surface area contributed by atoms with Crippen molar-refractivity contribution < 1.29 is 14.2 Å². The SMILES string of the molecule is CN=C(NCCCOC1CCOC1)NCCOc1c(C)cccc1C. The van der Waals surface area contributed by atoms with E-state index in [2.05, 4.69) is 41.6 Å². The normalized spacial score (nSPS) is 17.6. The molecule has 140 valence electrons. The predicted octanol–water partition coefficient (Wildman–Crippen LogP) is 2.04. The van der Waals surface area contributed by atoms with Gasteiger partial charge in [-0.2, -0.15) is 0 Å². The molecule has 1 aromatic carbocycles. The first-order valence-electron chi connectivity index (χ1n) is 9.03. The third-order valence-electron chi connectivity index (χ3n) is 4.13. The van der Waals surface area contributed by atoms with Crippen molar-refractivity contribution in [2.45, 2.75) is 32.8 Å². The summed E-state index contributed by atoms with van der Waals surface area (Å²) in [7, 11) is 1.77. The minimum atomic E-state index is 0.277. The first-order chi connectivity index (χ1) is 12.2. The van der Waals surface area contributed by atoms with Crippen molar-refractivity contribution >= 4 is 5.96 Å². The molecule has 0 bridgehead atoms. The molecule has 1 saturated heterocycles. The average Bonchev–Trinajstić information content (AvgIpc) is 3.12. The summed E-state index contributed by atoms with van der Waals surface area (Å²) in [6.45, 7) is 8.55. The number of nitrogens with one attached hydrogen (secondary N) is 2. The molecule has 0 spiro atoms. The standard InChI is InChI=1S/C19H31N3O3/c1-15-6-4-7-16(2)18(15)25-13-10-22-19(20-3)21-9-5-11-24-17-8-12-23-14-17/h4,6-7,17H,5,8-14H2,1-3H3,(H2,20,21,22). The Labute approximate surface area is 151 Å². The van der Waals surface area contributed by atoms with Gasteiger partial charge in [-0.1, -0.05) is 18.2 Å². The van der Waals surface area contributed by atoms with E-state index in [0.29, 0.717) is 13.2 Å². The van der Waals surface area contributed by atoms with Crippen LogP contribution in [-0.4, -0.2) is 58.6 Å². The van der Waals surface area contributed by atoms with Crippen LogP contribution in [0.15, 0.2) is 23.2 Å². The number of para-hydroxylation sites is 1. The first kappa shape index (κ1) is 19.5. The number of aryl methyl sites for hydroxylation is 2. The van der Waals surface area contributed by atoms with E-state index in [9.17, 15) is 0 Å². The summed E-state index contributed by atoms with van der Waals surface area (Å²) in [4.78, 5) is 4.22. The molecule has 1 unspecified atom stereocenters. The lowest BCUT2D eigenvalue weighted by atomic mass is 10.1. The molecule has 1 heterocycles. The summed E-state index contributed by atoms with van der Waals surface area (Å²) >= 11 is 0. The Morgan fingerprint density at radius 2 is 1.96 bits per heavy atom. The van der Waals surface area contributed by atoms with E-state index in [4.69, 9.17) is 14.2 Å². The van der Waals surface area contributed by atoms with Crippen molar-refractivity contribution in [3.05, 3.63) is 29.3 Å². The van der Waals surface area contributed by atoms with Crippen LogP contribution in [0.1, 0.15) is 24.0 Å². The lowest BCUT2D eigenvalue weighted by molar-refractivity contribution is 0.0420. The van der Waals surface area contributed by atoms with Crippen LogP contribution in [0.5, 0.6) is 5.75 Å². The summed E-state index contributed by atoms with van der Waals surface area (Å²) in [6.07, 6.45) is 2.23. The number of guanidine groups is 1. The Morgan fingerprint density at radius 3 is 2.64 bits per heavy atom. The fraction of sp³-hybridized carbons (Fsp3) is 0.632. The fourth-order valence-electron chi connectivity index (χ4n) is 2.74.